The zero-order valence-corrected chi connectivity index (χ0v) is 17.2. The number of piperidine rings is 1. The third-order valence-electron chi connectivity index (χ3n) is 6.32. The number of nitrogens with zero attached hydrogens (tertiary/aromatic N) is 3. The van der Waals surface area contributed by atoms with E-state index in [1.54, 1.807) is 20.2 Å². The summed E-state index contributed by atoms with van der Waals surface area (Å²) in [5.74, 6) is 1.38. The van der Waals surface area contributed by atoms with Crippen LogP contribution in [0, 0.1) is 12.8 Å². The van der Waals surface area contributed by atoms with Crippen molar-refractivity contribution in [1.82, 2.24) is 14.8 Å². The Morgan fingerprint density at radius 2 is 1.86 bits per heavy atom. The van der Waals surface area contributed by atoms with Gasteiger partial charge >= 0.3 is 0 Å². The highest BCUT2D eigenvalue weighted by molar-refractivity contribution is 5.94. The van der Waals surface area contributed by atoms with Crippen molar-refractivity contribution in [3.63, 3.8) is 0 Å². The van der Waals surface area contributed by atoms with Crippen LogP contribution in [0.3, 0.4) is 0 Å². The van der Waals surface area contributed by atoms with Gasteiger partial charge < -0.3 is 14.5 Å². The quantitative estimate of drug-likeness (QED) is 0.804. The number of hydrogen-bond acceptors (Lipinski definition) is 4. The van der Waals surface area contributed by atoms with Crippen LogP contribution in [-0.4, -0.2) is 59.4 Å². The van der Waals surface area contributed by atoms with E-state index in [9.17, 15) is 9.59 Å². The van der Waals surface area contributed by atoms with E-state index < -0.39 is 0 Å². The summed E-state index contributed by atoms with van der Waals surface area (Å²) in [6, 6.07) is 12.0. The molecule has 2 aliphatic heterocycles. The van der Waals surface area contributed by atoms with Crippen molar-refractivity contribution < 1.29 is 14.3 Å². The van der Waals surface area contributed by atoms with Gasteiger partial charge in [0.2, 0.25) is 5.91 Å². The second-order valence-electron chi connectivity index (χ2n) is 8.01. The summed E-state index contributed by atoms with van der Waals surface area (Å²) in [7, 11) is 1.66. The molecule has 3 heterocycles. The molecule has 2 aliphatic rings. The molecule has 2 amide bonds. The predicted molar refractivity (Wildman–Crippen MR) is 110 cm³/mol. The predicted octanol–water partition coefficient (Wildman–Crippen LogP) is 2.88. The molecule has 6 nitrogen and oxygen atoms in total. The Bertz CT molecular complexity index is 895. The molecule has 2 aromatic rings. The van der Waals surface area contributed by atoms with Gasteiger partial charge in [-0.15, -0.1) is 0 Å². The van der Waals surface area contributed by atoms with Crippen molar-refractivity contribution in [3.8, 4) is 5.75 Å². The van der Waals surface area contributed by atoms with Crippen molar-refractivity contribution in [3.05, 3.63) is 59.4 Å². The fourth-order valence-corrected chi connectivity index (χ4v) is 4.76. The van der Waals surface area contributed by atoms with Gasteiger partial charge in [0.1, 0.15) is 5.75 Å². The summed E-state index contributed by atoms with van der Waals surface area (Å²) >= 11 is 0. The minimum atomic E-state index is 0.0192. The molecule has 0 bridgehead atoms. The van der Waals surface area contributed by atoms with Gasteiger partial charge in [0.05, 0.1) is 12.7 Å². The summed E-state index contributed by atoms with van der Waals surface area (Å²) in [6.45, 7) is 5.56. The highest BCUT2D eigenvalue weighted by Crippen LogP contribution is 2.42. The number of likely N-dealkylation sites (tertiary alicyclic amines) is 2. The second kappa shape index (κ2) is 7.85. The monoisotopic (exact) mass is 393 g/mol. The van der Waals surface area contributed by atoms with Crippen LogP contribution in [0.25, 0.3) is 0 Å². The lowest BCUT2D eigenvalue weighted by molar-refractivity contribution is -0.130. The van der Waals surface area contributed by atoms with Gasteiger partial charge in [-0.1, -0.05) is 12.1 Å². The minimum absolute atomic E-state index is 0.0192. The number of methoxy groups -OCH3 is 1. The van der Waals surface area contributed by atoms with E-state index >= 15 is 0 Å². The lowest BCUT2D eigenvalue weighted by Crippen LogP contribution is -2.49. The molecule has 152 valence electrons. The molecule has 1 aromatic heterocycles. The fraction of sp³-hybridized carbons (Fsp3) is 0.435. The standard InChI is InChI=1S/C23H27N3O3/c1-15-4-5-18(12-24-15)23(28)25-11-10-22-21(13-25)20(14-26(22)16(2)27)17-6-8-19(29-3)9-7-17/h4-9,12,20-22H,10-11,13-14H2,1-3H3/t20-,21-,22-/m1/s1. The average Bonchev–Trinajstić information content (AvgIpc) is 3.13. The first kappa shape index (κ1) is 19.4. The number of aryl methyl sites for hydroxylation is 1. The Hall–Kier alpha value is -2.89. The fourth-order valence-electron chi connectivity index (χ4n) is 4.76. The molecule has 0 saturated carbocycles. The lowest BCUT2D eigenvalue weighted by atomic mass is 9.81. The van der Waals surface area contributed by atoms with Crippen molar-refractivity contribution >= 4 is 11.8 Å². The van der Waals surface area contributed by atoms with Gasteiger partial charge in [0.15, 0.2) is 0 Å². The number of aromatic nitrogens is 1. The number of hydrogen-bond donors (Lipinski definition) is 0. The van der Waals surface area contributed by atoms with Gasteiger partial charge in [-0.25, -0.2) is 0 Å². The first-order chi connectivity index (χ1) is 14.0. The largest absolute Gasteiger partial charge is 0.497 e. The lowest BCUT2D eigenvalue weighted by Gasteiger charge is -2.38. The van der Waals surface area contributed by atoms with Crippen molar-refractivity contribution in [2.24, 2.45) is 5.92 Å². The molecule has 0 radical (unpaired) electrons. The van der Waals surface area contributed by atoms with Crippen LogP contribution in [0.5, 0.6) is 5.75 Å². The van der Waals surface area contributed by atoms with Crippen molar-refractivity contribution in [2.45, 2.75) is 32.2 Å². The molecule has 1 aromatic carbocycles. The van der Waals surface area contributed by atoms with Gasteiger partial charge in [-0.3, -0.25) is 14.6 Å². The third-order valence-corrected chi connectivity index (χ3v) is 6.32. The Morgan fingerprint density at radius 1 is 1.10 bits per heavy atom. The summed E-state index contributed by atoms with van der Waals surface area (Å²) in [5.41, 5.74) is 2.71. The zero-order valence-electron chi connectivity index (χ0n) is 17.2. The molecule has 2 fully saturated rings. The molecule has 0 N–H and O–H groups in total. The van der Waals surface area contributed by atoms with E-state index in [2.05, 4.69) is 17.1 Å². The molecule has 0 spiro atoms. The van der Waals surface area contributed by atoms with Gasteiger partial charge in [-0.05, 0) is 43.2 Å². The Labute approximate surface area is 171 Å². The third kappa shape index (κ3) is 3.71. The number of fused-ring (bicyclic) bond motifs is 1. The summed E-state index contributed by atoms with van der Waals surface area (Å²) < 4.78 is 5.28. The molecular formula is C23H27N3O3. The van der Waals surface area contributed by atoms with Gasteiger partial charge in [0.25, 0.3) is 5.91 Å². The molecule has 6 heteroatoms. The van der Waals surface area contributed by atoms with Gasteiger partial charge in [0, 0.05) is 56.3 Å². The SMILES string of the molecule is COc1ccc([C@H]2CN(C(C)=O)[C@@H]3CCN(C(=O)c4ccc(C)nc4)C[C@H]23)cc1. The summed E-state index contributed by atoms with van der Waals surface area (Å²) in [4.78, 5) is 33.5. The second-order valence-corrected chi connectivity index (χ2v) is 8.01. The Morgan fingerprint density at radius 3 is 2.48 bits per heavy atom. The molecule has 3 atom stereocenters. The molecule has 4 rings (SSSR count). The number of rotatable bonds is 3. The number of amides is 2. The topological polar surface area (TPSA) is 62.7 Å². The van der Waals surface area contributed by atoms with E-state index in [4.69, 9.17) is 4.74 Å². The summed E-state index contributed by atoms with van der Waals surface area (Å²) in [5, 5.41) is 0. The van der Waals surface area contributed by atoms with Crippen molar-refractivity contribution in [1.29, 1.82) is 0 Å². The zero-order chi connectivity index (χ0) is 20.5. The van der Waals surface area contributed by atoms with Crippen molar-refractivity contribution in [2.75, 3.05) is 26.7 Å². The Kier molecular flexibility index (Phi) is 5.26. The highest BCUT2D eigenvalue weighted by Gasteiger charge is 2.47. The minimum Gasteiger partial charge on any atom is -0.497 e. The number of carbonyl (C=O) groups excluding carboxylic acids is 2. The number of ether oxygens (including phenoxy) is 1. The van der Waals surface area contributed by atoms with E-state index in [0.717, 1.165) is 17.9 Å². The molecular weight excluding hydrogens is 366 g/mol. The molecule has 29 heavy (non-hydrogen) atoms. The van der Waals surface area contributed by atoms with E-state index in [1.807, 2.05) is 41.0 Å². The first-order valence-corrected chi connectivity index (χ1v) is 10.1. The maximum Gasteiger partial charge on any atom is 0.255 e. The highest BCUT2D eigenvalue weighted by atomic mass is 16.5. The van der Waals surface area contributed by atoms with Crippen LogP contribution in [0.1, 0.15) is 40.9 Å². The van der Waals surface area contributed by atoms with Crippen LogP contribution in [-0.2, 0) is 4.79 Å². The first-order valence-electron chi connectivity index (χ1n) is 10.1. The molecule has 0 aliphatic carbocycles. The number of pyridine rings is 1. The summed E-state index contributed by atoms with van der Waals surface area (Å²) in [6.07, 6.45) is 2.46. The van der Waals surface area contributed by atoms with Gasteiger partial charge in [-0.2, -0.15) is 0 Å². The maximum atomic E-state index is 13.0. The van der Waals surface area contributed by atoms with E-state index in [0.29, 0.717) is 25.2 Å². The normalized spacial score (nSPS) is 23.6. The Balaban J connectivity index is 1.58. The smallest absolute Gasteiger partial charge is 0.255 e. The number of carbonyl (C=O) groups is 2. The molecule has 2 saturated heterocycles. The van der Waals surface area contributed by atoms with E-state index in [-0.39, 0.29) is 29.7 Å². The van der Waals surface area contributed by atoms with Crippen LogP contribution < -0.4 is 4.74 Å². The maximum absolute atomic E-state index is 13.0. The number of benzene rings is 1. The van der Waals surface area contributed by atoms with Crippen LogP contribution in [0.15, 0.2) is 42.6 Å². The van der Waals surface area contributed by atoms with E-state index in [1.165, 1.54) is 5.56 Å². The average molecular weight is 393 g/mol. The van der Waals surface area contributed by atoms with Crippen LogP contribution in [0.4, 0.5) is 0 Å². The molecule has 0 unspecified atom stereocenters. The van der Waals surface area contributed by atoms with Crippen LogP contribution in [0.2, 0.25) is 0 Å². The van der Waals surface area contributed by atoms with Crippen LogP contribution >= 0.6 is 0 Å².